The van der Waals surface area contributed by atoms with E-state index < -0.39 is 11.6 Å². The van der Waals surface area contributed by atoms with Crippen LogP contribution in [0.1, 0.15) is 26.7 Å². The van der Waals surface area contributed by atoms with Crippen LogP contribution in [0.2, 0.25) is 0 Å². The summed E-state index contributed by atoms with van der Waals surface area (Å²) in [7, 11) is 3.85. The number of likely N-dealkylation sites (N-methyl/N-ethyl adjacent to an activating group) is 1. The van der Waals surface area contributed by atoms with Gasteiger partial charge in [-0.15, -0.1) is 0 Å². The summed E-state index contributed by atoms with van der Waals surface area (Å²) in [6.45, 7) is 7.27. The van der Waals surface area contributed by atoms with Gasteiger partial charge >= 0.3 is 0 Å². The Morgan fingerprint density at radius 1 is 1.38 bits per heavy atom. The molecule has 1 aromatic carbocycles. The Labute approximate surface area is 155 Å². The van der Waals surface area contributed by atoms with Crippen LogP contribution in [-0.4, -0.2) is 63.2 Å². The molecule has 0 spiro atoms. The first-order chi connectivity index (χ1) is 12.5. The maximum absolute atomic E-state index is 14.0. The molecule has 0 bridgehead atoms. The first-order valence-electron chi connectivity index (χ1n) is 9.32. The van der Waals surface area contributed by atoms with E-state index in [0.29, 0.717) is 19.1 Å². The fourth-order valence-corrected chi connectivity index (χ4v) is 3.14. The smallest absolute Gasteiger partial charge is 0.191 e. The number of guanidine groups is 1. The Kier molecular flexibility index (Phi) is 7.63. The molecule has 2 N–H and O–H groups in total. The molecule has 0 aliphatic carbocycles. The molecule has 2 rings (SSSR count). The molecular weight excluding hydrogens is 336 g/mol. The topological polar surface area (TPSA) is 42.9 Å². The van der Waals surface area contributed by atoms with Gasteiger partial charge in [0.1, 0.15) is 17.3 Å². The van der Waals surface area contributed by atoms with Crippen molar-refractivity contribution in [3.63, 3.8) is 0 Å². The summed E-state index contributed by atoms with van der Waals surface area (Å²) in [6.07, 6.45) is 1.93. The molecule has 1 aliphatic heterocycles. The monoisotopic (exact) mass is 367 g/mol. The van der Waals surface area contributed by atoms with E-state index in [1.54, 1.807) is 11.9 Å². The van der Waals surface area contributed by atoms with E-state index in [0.717, 1.165) is 31.9 Å². The number of aliphatic imine (C=N–C) groups is 1. The lowest BCUT2D eigenvalue weighted by Crippen LogP contribution is -2.47. The van der Waals surface area contributed by atoms with Crippen molar-refractivity contribution in [3.05, 3.63) is 29.8 Å². The zero-order chi connectivity index (χ0) is 19.1. The number of benzene rings is 1. The number of anilines is 1. The maximum atomic E-state index is 14.0. The fourth-order valence-electron chi connectivity index (χ4n) is 3.14. The Morgan fingerprint density at radius 2 is 2.08 bits per heavy atom. The van der Waals surface area contributed by atoms with Crippen molar-refractivity contribution in [1.29, 1.82) is 0 Å². The average molecular weight is 367 g/mol. The summed E-state index contributed by atoms with van der Waals surface area (Å²) in [5.74, 6) is -0.300. The van der Waals surface area contributed by atoms with E-state index in [9.17, 15) is 8.78 Å². The number of para-hydroxylation sites is 1. The molecule has 1 aromatic rings. The SMILES string of the molecule is CCC(C)N(C)CCNC(=NC)NC1CCN(c2c(F)cccc2F)C1. The van der Waals surface area contributed by atoms with Crippen LogP contribution < -0.4 is 15.5 Å². The highest BCUT2D eigenvalue weighted by molar-refractivity contribution is 5.80. The highest BCUT2D eigenvalue weighted by atomic mass is 19.1. The summed E-state index contributed by atoms with van der Waals surface area (Å²) < 4.78 is 27.9. The van der Waals surface area contributed by atoms with Crippen LogP contribution in [0.4, 0.5) is 14.5 Å². The summed E-state index contributed by atoms with van der Waals surface area (Å²) in [6, 6.07) is 4.64. The van der Waals surface area contributed by atoms with Crippen molar-refractivity contribution >= 4 is 11.6 Å². The first kappa shape index (κ1) is 20.4. The van der Waals surface area contributed by atoms with Gasteiger partial charge < -0.3 is 20.4 Å². The Balaban J connectivity index is 1.83. The normalized spacial score (nSPS) is 19.1. The molecule has 2 unspecified atom stereocenters. The number of nitrogens with one attached hydrogen (secondary N) is 2. The summed E-state index contributed by atoms with van der Waals surface area (Å²) in [5.41, 5.74) is 0.0647. The minimum atomic E-state index is -0.513. The molecule has 7 heteroatoms. The van der Waals surface area contributed by atoms with Crippen molar-refractivity contribution in [2.24, 2.45) is 4.99 Å². The average Bonchev–Trinajstić information content (AvgIpc) is 3.07. The zero-order valence-corrected chi connectivity index (χ0v) is 16.2. The second kappa shape index (κ2) is 9.71. The molecule has 0 radical (unpaired) electrons. The van der Waals surface area contributed by atoms with Gasteiger partial charge in [0.2, 0.25) is 0 Å². The van der Waals surface area contributed by atoms with Crippen LogP contribution in [-0.2, 0) is 0 Å². The molecule has 2 atom stereocenters. The minimum Gasteiger partial charge on any atom is -0.365 e. The molecule has 5 nitrogen and oxygen atoms in total. The van der Waals surface area contributed by atoms with Crippen LogP contribution in [0.3, 0.4) is 0 Å². The van der Waals surface area contributed by atoms with Crippen molar-refractivity contribution in [1.82, 2.24) is 15.5 Å². The number of halogens is 2. The van der Waals surface area contributed by atoms with Gasteiger partial charge in [-0.2, -0.15) is 0 Å². The lowest BCUT2D eigenvalue weighted by molar-refractivity contribution is 0.255. The lowest BCUT2D eigenvalue weighted by Gasteiger charge is -2.24. The molecule has 0 amide bonds. The summed E-state index contributed by atoms with van der Waals surface area (Å²) >= 11 is 0. The van der Waals surface area contributed by atoms with Crippen LogP contribution in [0.5, 0.6) is 0 Å². The van der Waals surface area contributed by atoms with Gasteiger partial charge in [0.05, 0.1) is 0 Å². The lowest BCUT2D eigenvalue weighted by atomic mass is 10.2. The van der Waals surface area contributed by atoms with E-state index in [4.69, 9.17) is 0 Å². The summed E-state index contributed by atoms with van der Waals surface area (Å²) in [5, 5.41) is 6.67. The van der Waals surface area contributed by atoms with Gasteiger partial charge in [0, 0.05) is 45.3 Å². The van der Waals surface area contributed by atoms with Crippen LogP contribution in [0.15, 0.2) is 23.2 Å². The molecule has 1 fully saturated rings. The quantitative estimate of drug-likeness (QED) is 0.574. The zero-order valence-electron chi connectivity index (χ0n) is 16.2. The standard InChI is InChI=1S/C19H31F2N5/c1-5-14(2)25(4)12-10-23-19(22-3)24-15-9-11-26(13-15)18-16(20)7-6-8-17(18)21/h6-8,14-15H,5,9-13H2,1-4H3,(H2,22,23,24). The van der Waals surface area contributed by atoms with Crippen molar-refractivity contribution in [3.8, 4) is 0 Å². The van der Waals surface area contributed by atoms with Crippen molar-refractivity contribution in [2.75, 3.05) is 45.2 Å². The third-order valence-electron chi connectivity index (χ3n) is 5.11. The third-order valence-corrected chi connectivity index (χ3v) is 5.11. The molecule has 1 aliphatic rings. The first-order valence-corrected chi connectivity index (χ1v) is 9.32. The number of hydrogen-bond acceptors (Lipinski definition) is 3. The van der Waals surface area contributed by atoms with Gasteiger partial charge in [-0.25, -0.2) is 8.78 Å². The Hall–Kier alpha value is -1.89. The predicted molar refractivity (Wildman–Crippen MR) is 104 cm³/mol. The number of hydrogen-bond donors (Lipinski definition) is 2. The van der Waals surface area contributed by atoms with Crippen molar-refractivity contribution < 1.29 is 8.78 Å². The predicted octanol–water partition coefficient (Wildman–Crippen LogP) is 2.44. The van der Waals surface area contributed by atoms with Crippen LogP contribution >= 0.6 is 0 Å². The molecule has 146 valence electrons. The van der Waals surface area contributed by atoms with E-state index >= 15 is 0 Å². The molecule has 0 aromatic heterocycles. The van der Waals surface area contributed by atoms with E-state index in [1.807, 2.05) is 0 Å². The van der Waals surface area contributed by atoms with Crippen LogP contribution in [0, 0.1) is 11.6 Å². The Bertz CT molecular complexity index is 587. The molecule has 26 heavy (non-hydrogen) atoms. The number of rotatable bonds is 7. The fraction of sp³-hybridized carbons (Fsp3) is 0.632. The van der Waals surface area contributed by atoms with Crippen LogP contribution in [0.25, 0.3) is 0 Å². The second-order valence-electron chi connectivity index (χ2n) is 6.88. The van der Waals surface area contributed by atoms with Gasteiger partial charge in [0.15, 0.2) is 5.96 Å². The third kappa shape index (κ3) is 5.30. The second-order valence-corrected chi connectivity index (χ2v) is 6.88. The molecule has 0 saturated carbocycles. The summed E-state index contributed by atoms with van der Waals surface area (Å²) in [4.78, 5) is 8.32. The Morgan fingerprint density at radius 3 is 2.69 bits per heavy atom. The molecule has 1 heterocycles. The van der Waals surface area contributed by atoms with E-state index in [2.05, 4.69) is 41.4 Å². The van der Waals surface area contributed by atoms with E-state index in [-0.39, 0.29) is 11.7 Å². The van der Waals surface area contributed by atoms with Gasteiger partial charge in [-0.1, -0.05) is 13.0 Å². The highest BCUT2D eigenvalue weighted by Gasteiger charge is 2.27. The molecule has 1 saturated heterocycles. The van der Waals surface area contributed by atoms with E-state index in [1.165, 1.54) is 18.2 Å². The largest absolute Gasteiger partial charge is 0.365 e. The highest BCUT2D eigenvalue weighted by Crippen LogP contribution is 2.26. The molecular formula is C19H31F2N5. The van der Waals surface area contributed by atoms with Gasteiger partial charge in [-0.05, 0) is 38.9 Å². The van der Waals surface area contributed by atoms with Gasteiger partial charge in [-0.3, -0.25) is 4.99 Å². The number of nitrogens with zero attached hydrogens (tertiary/aromatic N) is 3. The maximum Gasteiger partial charge on any atom is 0.191 e. The minimum absolute atomic E-state index is 0.0647. The van der Waals surface area contributed by atoms with Gasteiger partial charge in [0.25, 0.3) is 0 Å². The van der Waals surface area contributed by atoms with Crippen molar-refractivity contribution in [2.45, 2.75) is 38.8 Å².